The van der Waals surface area contributed by atoms with Crippen LogP contribution in [0.3, 0.4) is 0 Å². The highest BCUT2D eigenvalue weighted by molar-refractivity contribution is 6.04. The van der Waals surface area contributed by atoms with Gasteiger partial charge >= 0.3 is 5.97 Å². The first-order valence-electron chi connectivity index (χ1n) is 5.62. The predicted molar refractivity (Wildman–Crippen MR) is 70.3 cm³/mol. The number of pyridine rings is 1. The normalized spacial score (nSPS) is 9.55. The Morgan fingerprint density at radius 2 is 1.85 bits per heavy atom. The molecule has 0 aliphatic carbocycles. The minimum Gasteiger partial charge on any atom is -0.477 e. The van der Waals surface area contributed by atoms with Crippen LogP contribution in [-0.2, 0) is 0 Å². The van der Waals surface area contributed by atoms with Crippen molar-refractivity contribution >= 4 is 17.7 Å². The van der Waals surface area contributed by atoms with Crippen LogP contribution < -0.4 is 5.32 Å². The van der Waals surface area contributed by atoms with E-state index in [4.69, 9.17) is 10.4 Å². The van der Waals surface area contributed by atoms with Crippen LogP contribution in [0.2, 0.25) is 0 Å². The Labute approximate surface area is 114 Å². The molecule has 0 saturated carbocycles. The third-order valence-corrected chi connectivity index (χ3v) is 2.49. The van der Waals surface area contributed by atoms with Crippen molar-refractivity contribution in [3.8, 4) is 6.07 Å². The zero-order valence-corrected chi connectivity index (χ0v) is 10.2. The van der Waals surface area contributed by atoms with E-state index in [1.807, 2.05) is 6.07 Å². The molecule has 1 aromatic carbocycles. The summed E-state index contributed by atoms with van der Waals surface area (Å²) in [6, 6.07) is 12.3. The number of aromatic nitrogens is 1. The van der Waals surface area contributed by atoms with Crippen molar-refractivity contribution in [1.82, 2.24) is 4.98 Å². The van der Waals surface area contributed by atoms with Crippen LogP contribution >= 0.6 is 0 Å². The molecule has 0 fully saturated rings. The summed E-state index contributed by atoms with van der Waals surface area (Å²) in [4.78, 5) is 26.5. The Morgan fingerprint density at radius 3 is 2.45 bits per heavy atom. The second kappa shape index (κ2) is 5.63. The standard InChI is InChI=1S/C14H9N3O3/c15-8-9-4-6-10(7-5-9)13(18)17-12-3-1-2-11(16-12)14(19)20/h1-7H,(H,19,20)(H,16,17,18). The van der Waals surface area contributed by atoms with Crippen LogP contribution in [0, 0.1) is 11.3 Å². The van der Waals surface area contributed by atoms with Crippen molar-refractivity contribution in [3.05, 3.63) is 59.3 Å². The van der Waals surface area contributed by atoms with Crippen LogP contribution in [0.5, 0.6) is 0 Å². The minimum absolute atomic E-state index is 0.150. The van der Waals surface area contributed by atoms with Gasteiger partial charge in [0.2, 0.25) is 0 Å². The summed E-state index contributed by atoms with van der Waals surface area (Å²) in [7, 11) is 0. The average Bonchev–Trinajstić information content (AvgIpc) is 2.47. The van der Waals surface area contributed by atoms with Gasteiger partial charge in [-0.05, 0) is 36.4 Å². The van der Waals surface area contributed by atoms with Gasteiger partial charge in [0.25, 0.3) is 5.91 Å². The molecule has 6 nitrogen and oxygen atoms in total. The first kappa shape index (κ1) is 13.2. The van der Waals surface area contributed by atoms with E-state index < -0.39 is 11.9 Å². The number of nitriles is 1. The number of carbonyl (C=O) groups excluding carboxylic acids is 1. The first-order chi connectivity index (χ1) is 9.60. The van der Waals surface area contributed by atoms with Gasteiger partial charge in [-0.3, -0.25) is 4.79 Å². The highest BCUT2D eigenvalue weighted by Gasteiger charge is 2.09. The van der Waals surface area contributed by atoms with Gasteiger partial charge in [0, 0.05) is 5.56 Å². The van der Waals surface area contributed by atoms with E-state index in [0.717, 1.165) is 0 Å². The molecule has 0 unspecified atom stereocenters. The largest absolute Gasteiger partial charge is 0.477 e. The Morgan fingerprint density at radius 1 is 1.15 bits per heavy atom. The topological polar surface area (TPSA) is 103 Å². The van der Waals surface area contributed by atoms with Crippen molar-refractivity contribution in [2.24, 2.45) is 0 Å². The number of carboxylic acids is 1. The van der Waals surface area contributed by atoms with E-state index in [0.29, 0.717) is 11.1 Å². The van der Waals surface area contributed by atoms with Gasteiger partial charge in [0.1, 0.15) is 5.82 Å². The molecule has 20 heavy (non-hydrogen) atoms. The summed E-state index contributed by atoms with van der Waals surface area (Å²) in [6.07, 6.45) is 0. The fourth-order valence-electron chi connectivity index (χ4n) is 1.51. The molecule has 2 rings (SSSR count). The Balaban J connectivity index is 2.17. The number of hydrogen-bond acceptors (Lipinski definition) is 4. The predicted octanol–water partition coefficient (Wildman–Crippen LogP) is 1.90. The minimum atomic E-state index is -1.17. The number of aromatic carboxylic acids is 1. The van der Waals surface area contributed by atoms with E-state index in [2.05, 4.69) is 10.3 Å². The summed E-state index contributed by atoms with van der Waals surface area (Å²) in [6.45, 7) is 0. The zero-order chi connectivity index (χ0) is 14.5. The fraction of sp³-hybridized carbons (Fsp3) is 0. The van der Waals surface area contributed by atoms with Crippen LogP contribution in [0.25, 0.3) is 0 Å². The second-order valence-corrected chi connectivity index (χ2v) is 3.86. The molecular formula is C14H9N3O3. The SMILES string of the molecule is N#Cc1ccc(C(=O)Nc2cccc(C(=O)O)n2)cc1. The lowest BCUT2D eigenvalue weighted by atomic mass is 10.1. The molecule has 0 aliphatic rings. The molecule has 98 valence electrons. The third-order valence-electron chi connectivity index (χ3n) is 2.49. The van der Waals surface area contributed by atoms with Crippen LogP contribution in [0.4, 0.5) is 5.82 Å². The van der Waals surface area contributed by atoms with Gasteiger partial charge < -0.3 is 10.4 Å². The maximum absolute atomic E-state index is 11.9. The highest BCUT2D eigenvalue weighted by Crippen LogP contribution is 2.09. The van der Waals surface area contributed by atoms with E-state index in [9.17, 15) is 9.59 Å². The first-order valence-corrected chi connectivity index (χ1v) is 5.62. The number of anilines is 1. The highest BCUT2D eigenvalue weighted by atomic mass is 16.4. The van der Waals surface area contributed by atoms with Gasteiger partial charge in [0.15, 0.2) is 5.69 Å². The summed E-state index contributed by atoms with van der Waals surface area (Å²) < 4.78 is 0. The Bertz CT molecular complexity index is 702. The summed E-state index contributed by atoms with van der Waals surface area (Å²) in [5, 5.41) is 20.0. The quantitative estimate of drug-likeness (QED) is 0.884. The number of nitrogens with one attached hydrogen (secondary N) is 1. The molecule has 2 N–H and O–H groups in total. The Kier molecular flexibility index (Phi) is 3.72. The lowest BCUT2D eigenvalue weighted by Crippen LogP contribution is -2.14. The number of nitrogens with zero attached hydrogens (tertiary/aromatic N) is 2. The molecule has 0 atom stereocenters. The summed E-state index contributed by atoms with van der Waals surface area (Å²) >= 11 is 0. The molecule has 1 amide bonds. The summed E-state index contributed by atoms with van der Waals surface area (Å²) in [5.41, 5.74) is 0.654. The summed E-state index contributed by atoms with van der Waals surface area (Å²) in [5.74, 6) is -1.44. The fourth-order valence-corrected chi connectivity index (χ4v) is 1.51. The molecule has 0 saturated heterocycles. The number of carbonyl (C=O) groups is 2. The second-order valence-electron chi connectivity index (χ2n) is 3.86. The van der Waals surface area contributed by atoms with Crippen molar-refractivity contribution in [1.29, 1.82) is 5.26 Å². The van der Waals surface area contributed by atoms with Gasteiger partial charge in [-0.25, -0.2) is 9.78 Å². The van der Waals surface area contributed by atoms with Crippen LogP contribution in [0.1, 0.15) is 26.4 Å². The van der Waals surface area contributed by atoms with Gasteiger partial charge in [-0.15, -0.1) is 0 Å². The third kappa shape index (κ3) is 2.97. The van der Waals surface area contributed by atoms with E-state index in [-0.39, 0.29) is 11.5 Å². The zero-order valence-electron chi connectivity index (χ0n) is 10.2. The van der Waals surface area contributed by atoms with Gasteiger partial charge in [-0.1, -0.05) is 6.07 Å². The maximum Gasteiger partial charge on any atom is 0.354 e. The van der Waals surface area contributed by atoms with Crippen molar-refractivity contribution in [2.45, 2.75) is 0 Å². The van der Waals surface area contributed by atoms with Crippen molar-refractivity contribution in [3.63, 3.8) is 0 Å². The number of hydrogen-bond donors (Lipinski definition) is 2. The molecular weight excluding hydrogens is 258 g/mol. The molecule has 1 aromatic heterocycles. The molecule has 0 aliphatic heterocycles. The number of benzene rings is 1. The lowest BCUT2D eigenvalue weighted by Gasteiger charge is -2.05. The Hall–Kier alpha value is -3.20. The number of carboxylic acid groups (broad SMARTS) is 1. The van der Waals surface area contributed by atoms with E-state index in [1.165, 1.54) is 42.5 Å². The van der Waals surface area contributed by atoms with Crippen LogP contribution in [0.15, 0.2) is 42.5 Å². The molecule has 2 aromatic rings. The molecule has 0 radical (unpaired) electrons. The monoisotopic (exact) mass is 267 g/mol. The van der Waals surface area contributed by atoms with E-state index in [1.54, 1.807) is 0 Å². The average molecular weight is 267 g/mol. The maximum atomic E-state index is 11.9. The smallest absolute Gasteiger partial charge is 0.354 e. The van der Waals surface area contributed by atoms with Crippen LogP contribution in [-0.4, -0.2) is 22.0 Å². The molecule has 6 heteroatoms. The molecule has 0 bridgehead atoms. The van der Waals surface area contributed by atoms with Gasteiger partial charge in [0.05, 0.1) is 11.6 Å². The number of amides is 1. The van der Waals surface area contributed by atoms with Crippen molar-refractivity contribution < 1.29 is 14.7 Å². The number of rotatable bonds is 3. The lowest BCUT2D eigenvalue weighted by molar-refractivity contribution is 0.0690. The van der Waals surface area contributed by atoms with Gasteiger partial charge in [-0.2, -0.15) is 5.26 Å². The van der Waals surface area contributed by atoms with Crippen molar-refractivity contribution in [2.75, 3.05) is 5.32 Å². The van der Waals surface area contributed by atoms with E-state index >= 15 is 0 Å². The molecule has 1 heterocycles. The molecule has 0 spiro atoms.